The summed E-state index contributed by atoms with van der Waals surface area (Å²) in [4.78, 5) is 26.0. The zero-order valence-electron chi connectivity index (χ0n) is 29.8. The van der Waals surface area contributed by atoms with E-state index in [1.807, 2.05) is 74.1 Å². The van der Waals surface area contributed by atoms with Crippen LogP contribution in [-0.2, 0) is 24.2 Å². The monoisotopic (exact) mass is 663 g/mol. The van der Waals surface area contributed by atoms with Gasteiger partial charge in [-0.25, -0.2) is 9.78 Å². The Kier molecular flexibility index (Phi) is 14.1. The lowest BCUT2D eigenvalue weighted by molar-refractivity contribution is 0.111. The molecule has 48 heavy (non-hydrogen) atoms. The highest BCUT2D eigenvalue weighted by molar-refractivity contribution is 5.76. The van der Waals surface area contributed by atoms with E-state index in [2.05, 4.69) is 62.0 Å². The lowest BCUT2D eigenvalue weighted by Gasteiger charge is -2.19. The first-order valence-electron chi connectivity index (χ1n) is 17.5. The molecule has 2 fully saturated rings. The van der Waals surface area contributed by atoms with Gasteiger partial charge in [0.25, 0.3) is 0 Å². The lowest BCUT2D eigenvalue weighted by Crippen LogP contribution is -2.35. The molecule has 3 atom stereocenters. The fourth-order valence-electron chi connectivity index (χ4n) is 6.32. The van der Waals surface area contributed by atoms with Gasteiger partial charge < -0.3 is 40.6 Å². The number of amides is 2. The van der Waals surface area contributed by atoms with Gasteiger partial charge in [0.15, 0.2) is 0 Å². The van der Waals surface area contributed by atoms with Gasteiger partial charge in [-0.1, -0.05) is 38.1 Å². The van der Waals surface area contributed by atoms with Crippen molar-refractivity contribution in [1.29, 1.82) is 0 Å². The average Bonchev–Trinajstić information content (AvgIpc) is 3.78. The quantitative estimate of drug-likeness (QED) is 0.294. The van der Waals surface area contributed by atoms with E-state index in [0.29, 0.717) is 19.0 Å². The third-order valence-electron chi connectivity index (χ3n) is 9.22. The van der Waals surface area contributed by atoms with Crippen molar-refractivity contribution in [1.82, 2.24) is 40.1 Å². The van der Waals surface area contributed by atoms with E-state index in [0.717, 1.165) is 47.7 Å². The molecule has 11 heteroatoms. The molecule has 5 N–H and O–H groups in total. The SMILES string of the molecule is CC.CN1CCCN(C)CC1.CNCc1nc2ccccn2c1CNC(=O)NC1=CC2CC2(OC)C=C1.N[C@H]1CCCc2cccnc21.[HH].[HH]. The van der Waals surface area contributed by atoms with Crippen LogP contribution in [0.4, 0.5) is 4.79 Å². The number of hydrogen-bond acceptors (Lipinski definition) is 8. The number of aryl methyl sites for hydroxylation is 1. The Hall–Kier alpha value is -3.61. The van der Waals surface area contributed by atoms with Crippen molar-refractivity contribution in [2.24, 2.45) is 11.7 Å². The summed E-state index contributed by atoms with van der Waals surface area (Å²) in [5, 5.41) is 8.96. The number of aromatic nitrogens is 3. The molecule has 4 aliphatic rings. The van der Waals surface area contributed by atoms with Crippen LogP contribution in [0.1, 0.15) is 71.1 Å². The third kappa shape index (κ3) is 9.96. The molecular formula is C37H61N9O2. The van der Waals surface area contributed by atoms with Gasteiger partial charge in [-0.3, -0.25) is 4.98 Å². The molecule has 7 rings (SSSR count). The molecule has 0 spiro atoms. The van der Waals surface area contributed by atoms with Crippen molar-refractivity contribution >= 4 is 11.7 Å². The largest absolute Gasteiger partial charge is 0.374 e. The summed E-state index contributed by atoms with van der Waals surface area (Å²) in [7, 11) is 7.99. The number of carbonyl (C=O) groups excluding carboxylic acids is 1. The molecular weight excluding hydrogens is 602 g/mol. The molecule has 0 radical (unpaired) electrons. The molecule has 1 saturated carbocycles. The molecule has 3 aromatic rings. The Morgan fingerprint density at radius 1 is 1.08 bits per heavy atom. The number of fused-ring (bicyclic) bond motifs is 3. The maximum Gasteiger partial charge on any atom is 0.319 e. The highest BCUT2D eigenvalue weighted by atomic mass is 16.5. The van der Waals surface area contributed by atoms with Gasteiger partial charge in [0.05, 0.1) is 29.2 Å². The second kappa shape index (κ2) is 18.2. The molecule has 0 aromatic carbocycles. The van der Waals surface area contributed by atoms with E-state index in [1.165, 1.54) is 44.6 Å². The Bertz CT molecular complexity index is 1520. The molecule has 3 aliphatic carbocycles. The summed E-state index contributed by atoms with van der Waals surface area (Å²) in [6.45, 7) is 10.0. The van der Waals surface area contributed by atoms with Crippen LogP contribution in [0.25, 0.3) is 5.65 Å². The molecule has 0 bridgehead atoms. The molecule has 4 heterocycles. The number of hydrogen-bond donors (Lipinski definition) is 4. The maximum atomic E-state index is 12.3. The van der Waals surface area contributed by atoms with Crippen LogP contribution >= 0.6 is 0 Å². The second-order valence-electron chi connectivity index (χ2n) is 12.7. The van der Waals surface area contributed by atoms with E-state index in [9.17, 15) is 4.79 Å². The van der Waals surface area contributed by atoms with Crippen molar-refractivity contribution in [3.8, 4) is 0 Å². The van der Waals surface area contributed by atoms with Crippen LogP contribution in [0.15, 0.2) is 66.7 Å². The van der Waals surface area contributed by atoms with E-state index in [-0.39, 0.29) is 20.5 Å². The molecule has 2 amide bonds. The Morgan fingerprint density at radius 2 is 1.85 bits per heavy atom. The number of allylic oxidation sites excluding steroid dienone is 1. The topological polar surface area (TPSA) is 125 Å². The predicted octanol–water partition coefficient (Wildman–Crippen LogP) is 4.90. The minimum Gasteiger partial charge on any atom is -0.374 e. The van der Waals surface area contributed by atoms with Crippen LogP contribution in [0.5, 0.6) is 0 Å². The van der Waals surface area contributed by atoms with Crippen molar-refractivity contribution in [3.63, 3.8) is 0 Å². The Labute approximate surface area is 290 Å². The van der Waals surface area contributed by atoms with Gasteiger partial charge in [0, 0.05) is 59.6 Å². The van der Waals surface area contributed by atoms with Crippen LogP contribution in [-0.4, -0.2) is 90.2 Å². The summed E-state index contributed by atoms with van der Waals surface area (Å²) in [6.07, 6.45) is 15.5. The van der Waals surface area contributed by atoms with Crippen molar-refractivity contribution in [2.45, 2.75) is 70.7 Å². The molecule has 11 nitrogen and oxygen atoms in total. The van der Waals surface area contributed by atoms with E-state index >= 15 is 0 Å². The van der Waals surface area contributed by atoms with E-state index in [1.54, 1.807) is 7.11 Å². The standard InChI is InChI=1S/C19H23N5O2.C9H12N2.C7H16N2.C2H6.2H2/c1-20-11-15-16(24-8-4-3-5-17(24)23-15)12-21-18(25)22-14-6-7-19(26-2)10-13(19)9-14;10-8-5-1-3-7-4-2-6-11-9(7)8;1-8-4-3-5-9(2)7-6-8;1-2;;/h3-9,13,20H,10-12H2,1-2H3,(H2,21,22,25);2,4,6,8H,1,3,5,10H2;3-7H2,1-2H3;1-2H3;2*1H/t;8-;;;;/m.0..../s1. The van der Waals surface area contributed by atoms with Gasteiger partial charge in [0.1, 0.15) is 5.65 Å². The second-order valence-corrected chi connectivity index (χ2v) is 12.7. The van der Waals surface area contributed by atoms with Gasteiger partial charge >= 0.3 is 6.03 Å². The van der Waals surface area contributed by atoms with Gasteiger partial charge in [-0.05, 0) is 96.2 Å². The van der Waals surface area contributed by atoms with Crippen LogP contribution in [0.2, 0.25) is 0 Å². The summed E-state index contributed by atoms with van der Waals surface area (Å²) in [5.74, 6) is 0.355. The first kappa shape index (κ1) is 37.2. The number of methoxy groups -OCH3 is 1. The maximum absolute atomic E-state index is 12.3. The number of rotatable bonds is 6. The fourth-order valence-corrected chi connectivity index (χ4v) is 6.32. The number of urea groups is 1. The average molecular weight is 664 g/mol. The number of likely N-dealkylation sites (N-methyl/N-ethyl adjacent to an activating group) is 2. The first-order valence-corrected chi connectivity index (χ1v) is 17.5. The summed E-state index contributed by atoms with van der Waals surface area (Å²) < 4.78 is 7.51. The van der Waals surface area contributed by atoms with Gasteiger partial charge in [-0.15, -0.1) is 0 Å². The van der Waals surface area contributed by atoms with Gasteiger partial charge in [-0.2, -0.15) is 0 Å². The van der Waals surface area contributed by atoms with Crippen molar-refractivity contribution in [2.75, 3.05) is 54.4 Å². The predicted molar refractivity (Wildman–Crippen MR) is 198 cm³/mol. The van der Waals surface area contributed by atoms with E-state index in [4.69, 9.17) is 10.5 Å². The molecule has 2 unspecified atom stereocenters. The number of nitrogens with zero attached hydrogens (tertiary/aromatic N) is 5. The molecule has 1 aliphatic heterocycles. The first-order chi connectivity index (χ1) is 23.3. The van der Waals surface area contributed by atoms with Crippen LogP contribution in [0.3, 0.4) is 0 Å². The Balaban J connectivity index is 0.000000299. The van der Waals surface area contributed by atoms with Crippen LogP contribution in [0, 0.1) is 5.92 Å². The summed E-state index contributed by atoms with van der Waals surface area (Å²) >= 11 is 0. The molecule has 266 valence electrons. The number of ether oxygens (including phenoxy) is 1. The number of carbonyl (C=O) groups is 1. The minimum absolute atomic E-state index is 0. The Morgan fingerprint density at radius 3 is 2.54 bits per heavy atom. The molecule has 3 aromatic heterocycles. The number of imidazole rings is 1. The highest BCUT2D eigenvalue weighted by Crippen LogP contribution is 2.51. The minimum atomic E-state index is -0.229. The normalized spacial score (nSPS) is 22.9. The number of pyridine rings is 2. The van der Waals surface area contributed by atoms with Crippen LogP contribution < -0.4 is 21.7 Å². The fraction of sp³-hybridized carbons (Fsp3) is 0.541. The zero-order valence-corrected chi connectivity index (χ0v) is 29.8. The highest BCUT2D eigenvalue weighted by Gasteiger charge is 2.53. The molecule has 1 saturated heterocycles. The third-order valence-corrected chi connectivity index (χ3v) is 9.22. The summed E-state index contributed by atoms with van der Waals surface area (Å²) in [6, 6.07) is 9.93. The van der Waals surface area contributed by atoms with Gasteiger partial charge in [0.2, 0.25) is 0 Å². The summed E-state index contributed by atoms with van der Waals surface area (Å²) in [5.41, 5.74) is 11.8. The van der Waals surface area contributed by atoms with Crippen molar-refractivity contribution in [3.05, 3.63) is 89.3 Å². The van der Waals surface area contributed by atoms with Crippen molar-refractivity contribution < 1.29 is 12.4 Å². The zero-order chi connectivity index (χ0) is 34.5. The number of nitrogens with two attached hydrogens (primary N) is 1. The smallest absolute Gasteiger partial charge is 0.319 e. The van der Waals surface area contributed by atoms with E-state index < -0.39 is 0 Å². The lowest BCUT2D eigenvalue weighted by atomic mass is 9.93. The number of nitrogens with one attached hydrogen (secondary N) is 3.